The normalized spacial score (nSPS) is 8.73. The summed E-state index contributed by atoms with van der Waals surface area (Å²) < 4.78 is 0. The lowest BCUT2D eigenvalue weighted by Crippen LogP contribution is -2.07. The molecule has 0 spiro atoms. The van der Waals surface area contributed by atoms with E-state index in [0.29, 0.717) is 0 Å². The first-order chi connectivity index (χ1) is 15.9. The number of nitrogens with zero attached hydrogens (tertiary/aromatic N) is 3. The van der Waals surface area contributed by atoms with Gasteiger partial charge in [-0.15, -0.1) is 0 Å². The average molecular weight is 447 g/mol. The van der Waals surface area contributed by atoms with E-state index in [1.54, 1.807) is 37.2 Å². The molecule has 0 aliphatic rings. The molecular formula is C24H21N3O6. The van der Waals surface area contributed by atoms with E-state index < -0.39 is 17.9 Å². The highest BCUT2D eigenvalue weighted by Gasteiger charge is 2.14. The van der Waals surface area contributed by atoms with E-state index in [1.807, 2.05) is 54.6 Å². The van der Waals surface area contributed by atoms with E-state index in [0.717, 1.165) is 18.2 Å². The van der Waals surface area contributed by atoms with E-state index in [1.165, 1.54) is 0 Å². The summed E-state index contributed by atoms with van der Waals surface area (Å²) in [6.45, 7) is 0. The number of carbonyl (C=O) groups is 3. The van der Waals surface area contributed by atoms with E-state index in [-0.39, 0.29) is 16.7 Å². The molecule has 4 rings (SSSR count). The molecule has 0 saturated heterocycles. The van der Waals surface area contributed by atoms with Crippen molar-refractivity contribution in [1.29, 1.82) is 0 Å². The van der Waals surface area contributed by atoms with Gasteiger partial charge in [0.05, 0.1) is 16.7 Å². The van der Waals surface area contributed by atoms with Crippen LogP contribution in [0.25, 0.3) is 0 Å². The van der Waals surface area contributed by atoms with Crippen LogP contribution in [0.4, 0.5) is 0 Å². The summed E-state index contributed by atoms with van der Waals surface area (Å²) in [6, 6.07) is 19.8. The first-order valence-electron chi connectivity index (χ1n) is 9.31. The number of carboxylic acids is 3. The second-order valence-electron chi connectivity index (χ2n) is 5.79. The predicted molar refractivity (Wildman–Crippen MR) is 120 cm³/mol. The molecule has 9 nitrogen and oxygen atoms in total. The van der Waals surface area contributed by atoms with Gasteiger partial charge in [-0.2, -0.15) is 0 Å². The van der Waals surface area contributed by atoms with Crippen molar-refractivity contribution in [3.8, 4) is 0 Å². The first-order valence-corrected chi connectivity index (χ1v) is 9.31. The van der Waals surface area contributed by atoms with Crippen LogP contribution in [-0.2, 0) is 0 Å². The molecule has 33 heavy (non-hydrogen) atoms. The summed E-state index contributed by atoms with van der Waals surface area (Å²) in [6.07, 6.45) is 10.5. The molecule has 4 aromatic rings. The molecule has 0 unspecified atom stereocenters. The van der Waals surface area contributed by atoms with Crippen LogP contribution in [0.2, 0.25) is 0 Å². The minimum absolute atomic E-state index is 0.368. The number of pyridine rings is 3. The second kappa shape index (κ2) is 15.9. The number of rotatable bonds is 3. The minimum atomic E-state index is -1.37. The quantitative estimate of drug-likeness (QED) is 0.423. The van der Waals surface area contributed by atoms with Crippen LogP contribution in [0.3, 0.4) is 0 Å². The maximum atomic E-state index is 10.6. The fourth-order valence-corrected chi connectivity index (χ4v) is 1.94. The summed E-state index contributed by atoms with van der Waals surface area (Å²) in [4.78, 5) is 43.0. The van der Waals surface area contributed by atoms with E-state index in [9.17, 15) is 14.4 Å². The van der Waals surface area contributed by atoms with Gasteiger partial charge in [0, 0.05) is 37.2 Å². The van der Waals surface area contributed by atoms with E-state index in [4.69, 9.17) is 15.3 Å². The molecule has 0 bridgehead atoms. The van der Waals surface area contributed by atoms with Crippen molar-refractivity contribution in [3.63, 3.8) is 0 Å². The summed E-state index contributed by atoms with van der Waals surface area (Å²) in [5, 5.41) is 25.8. The van der Waals surface area contributed by atoms with Crippen molar-refractivity contribution in [2.45, 2.75) is 0 Å². The van der Waals surface area contributed by atoms with Gasteiger partial charge in [0.25, 0.3) is 0 Å². The molecule has 9 heteroatoms. The van der Waals surface area contributed by atoms with Crippen LogP contribution >= 0.6 is 0 Å². The van der Waals surface area contributed by atoms with Gasteiger partial charge in [0.1, 0.15) is 0 Å². The highest BCUT2D eigenvalue weighted by molar-refractivity contribution is 5.98. The standard InChI is InChI=1S/C9H6O6.3C5H5N/c10-7(11)4-1-5(8(12)13)3-6(2-4)9(14)15;3*1-2-4-6-5-3-1/h1-3H,(H,10,11)(H,12,13)(H,14,15);3*1-5H. The van der Waals surface area contributed by atoms with Gasteiger partial charge in [0.2, 0.25) is 0 Å². The van der Waals surface area contributed by atoms with Crippen LogP contribution in [0.5, 0.6) is 0 Å². The summed E-state index contributed by atoms with van der Waals surface area (Å²) in [5.41, 5.74) is -1.10. The monoisotopic (exact) mass is 447 g/mol. The molecule has 1 aromatic carbocycles. The fraction of sp³-hybridized carbons (Fsp3) is 0. The lowest BCUT2D eigenvalue weighted by atomic mass is 10.1. The van der Waals surface area contributed by atoms with Gasteiger partial charge < -0.3 is 15.3 Å². The summed E-state index contributed by atoms with van der Waals surface area (Å²) in [5.74, 6) is -4.12. The zero-order valence-electron chi connectivity index (χ0n) is 17.3. The molecule has 0 aliphatic carbocycles. The lowest BCUT2D eigenvalue weighted by molar-refractivity contribution is 0.0696. The molecule has 0 saturated carbocycles. The summed E-state index contributed by atoms with van der Waals surface area (Å²) in [7, 11) is 0. The molecule has 0 fully saturated rings. The Bertz CT molecular complexity index is 861. The van der Waals surface area contributed by atoms with Gasteiger partial charge in [-0.1, -0.05) is 18.2 Å². The maximum absolute atomic E-state index is 10.6. The predicted octanol–water partition coefficient (Wildman–Crippen LogP) is 4.03. The molecule has 0 atom stereocenters. The fourth-order valence-electron chi connectivity index (χ4n) is 1.94. The Kier molecular flexibility index (Phi) is 12.6. The molecule has 168 valence electrons. The Morgan fingerprint density at radius 3 is 0.727 bits per heavy atom. The molecule has 3 aromatic heterocycles. The topological polar surface area (TPSA) is 151 Å². The Morgan fingerprint density at radius 2 is 0.636 bits per heavy atom. The third-order valence-corrected chi connectivity index (χ3v) is 3.37. The Labute approximate surface area is 189 Å². The zero-order chi connectivity index (χ0) is 24.3. The van der Waals surface area contributed by atoms with Crippen LogP contribution < -0.4 is 0 Å². The van der Waals surface area contributed by atoms with Crippen molar-refractivity contribution >= 4 is 17.9 Å². The number of aromatic nitrogens is 3. The van der Waals surface area contributed by atoms with Gasteiger partial charge in [-0.25, -0.2) is 14.4 Å². The number of benzene rings is 1. The van der Waals surface area contributed by atoms with Gasteiger partial charge in [-0.05, 0) is 54.6 Å². The van der Waals surface area contributed by atoms with Crippen LogP contribution in [0.15, 0.2) is 110 Å². The maximum Gasteiger partial charge on any atom is 0.335 e. The van der Waals surface area contributed by atoms with Gasteiger partial charge >= 0.3 is 17.9 Å². The Balaban J connectivity index is 0.000000247. The molecule has 3 heterocycles. The highest BCUT2D eigenvalue weighted by atomic mass is 16.4. The van der Waals surface area contributed by atoms with Crippen molar-refractivity contribution < 1.29 is 29.7 Å². The number of hydrogen-bond donors (Lipinski definition) is 3. The van der Waals surface area contributed by atoms with Crippen molar-refractivity contribution in [1.82, 2.24) is 15.0 Å². The average Bonchev–Trinajstić information content (AvgIpc) is 2.88. The molecular weight excluding hydrogens is 426 g/mol. The second-order valence-corrected chi connectivity index (χ2v) is 5.79. The lowest BCUT2D eigenvalue weighted by Gasteiger charge is -2.00. The highest BCUT2D eigenvalue weighted by Crippen LogP contribution is 2.11. The van der Waals surface area contributed by atoms with Gasteiger partial charge in [0.15, 0.2) is 0 Å². The van der Waals surface area contributed by atoms with Gasteiger partial charge in [-0.3, -0.25) is 15.0 Å². The summed E-state index contributed by atoms with van der Waals surface area (Å²) >= 11 is 0. The minimum Gasteiger partial charge on any atom is -0.478 e. The number of carboxylic acid groups (broad SMARTS) is 3. The molecule has 0 amide bonds. The zero-order valence-corrected chi connectivity index (χ0v) is 17.3. The molecule has 0 aliphatic heterocycles. The SMILES string of the molecule is O=C(O)c1cc(C(=O)O)cc(C(=O)O)c1.c1ccncc1.c1ccncc1.c1ccncc1. The molecule has 0 radical (unpaired) electrons. The van der Waals surface area contributed by atoms with Crippen molar-refractivity contribution in [2.75, 3.05) is 0 Å². The largest absolute Gasteiger partial charge is 0.478 e. The molecule has 3 N–H and O–H groups in total. The third-order valence-electron chi connectivity index (χ3n) is 3.37. The number of hydrogen-bond acceptors (Lipinski definition) is 6. The first kappa shape index (κ1) is 26.1. The Hall–Kier alpha value is -4.92. The Morgan fingerprint density at radius 1 is 0.424 bits per heavy atom. The van der Waals surface area contributed by atoms with E-state index in [2.05, 4.69) is 15.0 Å². The van der Waals surface area contributed by atoms with E-state index >= 15 is 0 Å². The van der Waals surface area contributed by atoms with Crippen molar-refractivity contribution in [3.05, 3.63) is 127 Å². The third kappa shape index (κ3) is 12.4. The van der Waals surface area contributed by atoms with Crippen LogP contribution in [-0.4, -0.2) is 48.2 Å². The smallest absolute Gasteiger partial charge is 0.335 e. The van der Waals surface area contributed by atoms with Crippen LogP contribution in [0, 0.1) is 0 Å². The van der Waals surface area contributed by atoms with Crippen LogP contribution in [0.1, 0.15) is 31.1 Å². The van der Waals surface area contributed by atoms with Crippen molar-refractivity contribution in [2.24, 2.45) is 0 Å². The number of aromatic carboxylic acids is 3.